The number of hydroxylamine groups is 1. The van der Waals surface area contributed by atoms with Gasteiger partial charge in [0.1, 0.15) is 11.4 Å². The van der Waals surface area contributed by atoms with Gasteiger partial charge in [-0.3, -0.25) is 10.0 Å². The Labute approximate surface area is 205 Å². The van der Waals surface area contributed by atoms with Crippen LogP contribution in [0.5, 0.6) is 5.75 Å². The second-order valence-electron chi connectivity index (χ2n) is 9.29. The van der Waals surface area contributed by atoms with Crippen LogP contribution >= 0.6 is 0 Å². The Kier molecular flexibility index (Phi) is 8.68. The molecule has 3 rings (SSSR count). The minimum atomic E-state index is -0.704. The van der Waals surface area contributed by atoms with Gasteiger partial charge in [-0.05, 0) is 81.6 Å². The summed E-state index contributed by atoms with van der Waals surface area (Å²) in [4.78, 5) is 26.6. The van der Waals surface area contributed by atoms with Gasteiger partial charge >= 0.3 is 5.97 Å². The predicted octanol–water partition coefficient (Wildman–Crippen LogP) is 4.13. The molecule has 1 heterocycles. The van der Waals surface area contributed by atoms with Crippen molar-refractivity contribution in [1.29, 1.82) is 0 Å². The number of nitrogens with one attached hydrogen (secondary N) is 3. The molecule has 1 atom stereocenters. The lowest BCUT2D eigenvalue weighted by Crippen LogP contribution is -2.33. The maximum atomic E-state index is 12.2. The van der Waals surface area contributed by atoms with E-state index in [4.69, 9.17) is 14.7 Å². The molecule has 1 amide bonds. The Balaban J connectivity index is 1.53. The van der Waals surface area contributed by atoms with Gasteiger partial charge in [0.2, 0.25) is 0 Å². The second-order valence-corrected chi connectivity index (χ2v) is 9.29. The molecule has 0 aliphatic heterocycles. The van der Waals surface area contributed by atoms with Crippen LogP contribution in [-0.2, 0) is 27.3 Å². The van der Waals surface area contributed by atoms with E-state index < -0.39 is 23.6 Å². The van der Waals surface area contributed by atoms with E-state index in [0.717, 1.165) is 40.6 Å². The standard InChI is InChI=1S/C27H33N3O5/c1-18(26(32)35-27(2,3)4)34-22-10-11-24-23(15-22)21(17-29-24)13-14-28-16-20-7-5-19(6-8-20)9-12-25(31)30-33/h5-12,15,17-18,28-29,33H,13-14,16H2,1-4H3,(H,30,31)/b12-9+/t18-/m0/s1. The molecule has 1 aromatic heterocycles. The lowest BCUT2D eigenvalue weighted by atomic mass is 10.1. The Hall–Kier alpha value is -3.62. The number of esters is 1. The number of aromatic amines is 1. The van der Waals surface area contributed by atoms with E-state index in [9.17, 15) is 9.59 Å². The third-order valence-electron chi connectivity index (χ3n) is 5.21. The summed E-state index contributed by atoms with van der Waals surface area (Å²) in [5.41, 5.74) is 5.17. The molecule has 35 heavy (non-hydrogen) atoms. The highest BCUT2D eigenvalue weighted by Gasteiger charge is 2.23. The first kappa shape index (κ1) is 26.0. The molecule has 0 fully saturated rings. The van der Waals surface area contributed by atoms with Gasteiger partial charge in [0, 0.05) is 29.7 Å². The van der Waals surface area contributed by atoms with E-state index in [1.807, 2.05) is 69.4 Å². The molecular weight excluding hydrogens is 446 g/mol. The maximum absolute atomic E-state index is 12.2. The fourth-order valence-corrected chi connectivity index (χ4v) is 3.49. The largest absolute Gasteiger partial charge is 0.479 e. The van der Waals surface area contributed by atoms with Gasteiger partial charge in [0.25, 0.3) is 5.91 Å². The number of amides is 1. The van der Waals surface area contributed by atoms with Crippen molar-refractivity contribution >= 4 is 28.9 Å². The fraction of sp³-hybridized carbons (Fsp3) is 0.333. The molecule has 0 bridgehead atoms. The Bertz CT molecular complexity index is 1180. The fourth-order valence-electron chi connectivity index (χ4n) is 3.49. The van der Waals surface area contributed by atoms with Gasteiger partial charge in [0.05, 0.1) is 0 Å². The maximum Gasteiger partial charge on any atom is 0.347 e. The Morgan fingerprint density at radius 1 is 1.14 bits per heavy atom. The molecular formula is C27H33N3O5. The molecule has 2 aromatic carbocycles. The summed E-state index contributed by atoms with van der Waals surface area (Å²) in [7, 11) is 0. The number of aromatic nitrogens is 1. The van der Waals surface area contributed by atoms with Gasteiger partial charge in [-0.15, -0.1) is 0 Å². The summed E-state index contributed by atoms with van der Waals surface area (Å²) < 4.78 is 11.2. The summed E-state index contributed by atoms with van der Waals surface area (Å²) in [5.74, 6) is -0.338. The van der Waals surface area contributed by atoms with Gasteiger partial charge in [-0.1, -0.05) is 24.3 Å². The highest BCUT2D eigenvalue weighted by molar-refractivity contribution is 5.90. The van der Waals surface area contributed by atoms with Crippen molar-refractivity contribution in [3.8, 4) is 5.75 Å². The van der Waals surface area contributed by atoms with Crippen LogP contribution < -0.4 is 15.5 Å². The first-order valence-electron chi connectivity index (χ1n) is 11.6. The zero-order chi connectivity index (χ0) is 25.4. The minimum Gasteiger partial charge on any atom is -0.479 e. The average molecular weight is 480 g/mol. The molecule has 0 radical (unpaired) electrons. The number of rotatable bonds is 10. The monoisotopic (exact) mass is 479 g/mol. The number of carbonyl (C=O) groups is 2. The molecule has 186 valence electrons. The predicted molar refractivity (Wildman–Crippen MR) is 135 cm³/mol. The minimum absolute atomic E-state index is 0.393. The molecule has 0 saturated heterocycles. The van der Waals surface area contributed by atoms with Crippen LogP contribution in [0, 0.1) is 0 Å². The number of ether oxygens (including phenoxy) is 2. The zero-order valence-corrected chi connectivity index (χ0v) is 20.6. The Morgan fingerprint density at radius 3 is 2.57 bits per heavy atom. The summed E-state index contributed by atoms with van der Waals surface area (Å²) in [5, 5.41) is 13.0. The molecule has 0 spiro atoms. The molecule has 0 aliphatic carbocycles. The van der Waals surface area contributed by atoms with Crippen molar-refractivity contribution in [3.63, 3.8) is 0 Å². The number of H-pyrrole nitrogens is 1. The molecule has 4 N–H and O–H groups in total. The van der Waals surface area contributed by atoms with E-state index >= 15 is 0 Å². The summed E-state index contributed by atoms with van der Waals surface area (Å²) in [6.45, 7) is 8.68. The number of benzene rings is 2. The van der Waals surface area contributed by atoms with E-state index in [1.165, 1.54) is 6.08 Å². The van der Waals surface area contributed by atoms with Crippen LogP contribution in [0.4, 0.5) is 0 Å². The Morgan fingerprint density at radius 2 is 1.89 bits per heavy atom. The van der Waals surface area contributed by atoms with Crippen molar-refractivity contribution in [2.24, 2.45) is 0 Å². The van der Waals surface area contributed by atoms with Crippen molar-refractivity contribution in [3.05, 3.63) is 71.4 Å². The van der Waals surface area contributed by atoms with Gasteiger partial charge < -0.3 is 19.8 Å². The lowest BCUT2D eigenvalue weighted by molar-refractivity contribution is -0.162. The molecule has 8 nitrogen and oxygen atoms in total. The van der Waals surface area contributed by atoms with Crippen LogP contribution in [0.25, 0.3) is 17.0 Å². The molecule has 0 saturated carbocycles. The number of hydrogen-bond acceptors (Lipinski definition) is 6. The third-order valence-corrected chi connectivity index (χ3v) is 5.21. The summed E-state index contributed by atoms with van der Waals surface area (Å²) >= 11 is 0. The van der Waals surface area contributed by atoms with Gasteiger partial charge in [-0.2, -0.15) is 0 Å². The molecule has 0 aliphatic rings. The van der Waals surface area contributed by atoms with Crippen molar-refractivity contribution < 1.29 is 24.3 Å². The first-order chi connectivity index (χ1) is 16.6. The normalized spacial score (nSPS) is 12.6. The van der Waals surface area contributed by atoms with Crippen molar-refractivity contribution in [1.82, 2.24) is 15.8 Å². The number of fused-ring (bicyclic) bond motifs is 1. The molecule has 8 heteroatoms. The average Bonchev–Trinajstić information content (AvgIpc) is 3.22. The van der Waals surface area contributed by atoms with Crippen molar-refractivity contribution in [2.75, 3.05) is 6.54 Å². The third kappa shape index (κ3) is 7.98. The van der Waals surface area contributed by atoms with Crippen LogP contribution in [0.3, 0.4) is 0 Å². The van der Waals surface area contributed by atoms with Gasteiger partial charge in [0.15, 0.2) is 6.10 Å². The number of hydrogen-bond donors (Lipinski definition) is 4. The van der Waals surface area contributed by atoms with E-state index in [1.54, 1.807) is 18.5 Å². The van der Waals surface area contributed by atoms with Crippen LogP contribution in [0.15, 0.2) is 54.7 Å². The second kappa shape index (κ2) is 11.7. The highest BCUT2D eigenvalue weighted by atomic mass is 16.6. The zero-order valence-electron chi connectivity index (χ0n) is 20.6. The smallest absolute Gasteiger partial charge is 0.347 e. The van der Waals surface area contributed by atoms with E-state index in [0.29, 0.717) is 12.3 Å². The highest BCUT2D eigenvalue weighted by Crippen LogP contribution is 2.25. The summed E-state index contributed by atoms with van der Waals surface area (Å²) in [6.07, 6.45) is 5.01. The molecule has 0 unspecified atom stereocenters. The van der Waals surface area contributed by atoms with Crippen LogP contribution in [0.2, 0.25) is 0 Å². The van der Waals surface area contributed by atoms with Crippen LogP contribution in [0.1, 0.15) is 44.4 Å². The van der Waals surface area contributed by atoms with Gasteiger partial charge in [-0.25, -0.2) is 10.3 Å². The summed E-state index contributed by atoms with van der Waals surface area (Å²) in [6, 6.07) is 13.6. The quantitative estimate of drug-likeness (QED) is 0.114. The lowest BCUT2D eigenvalue weighted by Gasteiger charge is -2.22. The molecule has 3 aromatic rings. The number of carbonyl (C=O) groups excluding carboxylic acids is 2. The topological polar surface area (TPSA) is 113 Å². The SMILES string of the molecule is C[C@H](Oc1ccc2[nH]cc(CCNCc3ccc(/C=C/C(=O)NO)cc3)c2c1)C(=O)OC(C)(C)C. The van der Waals surface area contributed by atoms with E-state index in [2.05, 4.69) is 10.3 Å². The van der Waals surface area contributed by atoms with Crippen molar-refractivity contribution in [2.45, 2.75) is 52.4 Å². The van der Waals surface area contributed by atoms with Crippen LogP contribution in [-0.4, -0.2) is 40.3 Å². The first-order valence-corrected chi connectivity index (χ1v) is 11.6. The van der Waals surface area contributed by atoms with E-state index in [-0.39, 0.29) is 0 Å².